The summed E-state index contributed by atoms with van der Waals surface area (Å²) in [6, 6.07) is 7.18. The Labute approximate surface area is 175 Å². The number of amides is 1. The lowest BCUT2D eigenvalue weighted by Gasteiger charge is -2.45. The first-order valence-electron chi connectivity index (χ1n) is 10.5. The number of rotatable bonds is 3. The highest BCUT2D eigenvalue weighted by Gasteiger charge is 2.40. The number of piperidine rings is 1. The summed E-state index contributed by atoms with van der Waals surface area (Å²) in [6.45, 7) is 3.93. The quantitative estimate of drug-likeness (QED) is 0.780. The number of carbonyl (C=O) groups is 1. The van der Waals surface area contributed by atoms with E-state index in [4.69, 9.17) is 9.47 Å². The summed E-state index contributed by atoms with van der Waals surface area (Å²) >= 11 is 1.81. The summed E-state index contributed by atoms with van der Waals surface area (Å²) < 4.78 is 11.0. The van der Waals surface area contributed by atoms with Crippen molar-refractivity contribution in [1.29, 1.82) is 0 Å². The molecule has 3 atom stereocenters. The van der Waals surface area contributed by atoms with Crippen molar-refractivity contribution in [3.63, 3.8) is 0 Å². The van der Waals surface area contributed by atoms with Crippen molar-refractivity contribution in [3.05, 3.63) is 29.3 Å². The van der Waals surface area contributed by atoms with Crippen LogP contribution in [0.4, 0.5) is 4.79 Å². The molecule has 7 heteroatoms. The standard InChI is InChI=1S/C22H29N3O3S/c1-24-12-14(13-28-22(26)25-6-8-27-9-7-25)10-16-15-4-3-5-18-20(15)17(11-19(16)24)21(23-18)29-2/h3-5,14,16,19,23H,6-13H2,1-2H3/t14?,16-,19-/m0/s1. The smallest absolute Gasteiger partial charge is 0.409 e. The maximum absolute atomic E-state index is 12.4. The Balaban J connectivity index is 1.34. The highest BCUT2D eigenvalue weighted by molar-refractivity contribution is 7.98. The van der Waals surface area contributed by atoms with Gasteiger partial charge in [0.25, 0.3) is 0 Å². The molecule has 1 aliphatic carbocycles. The van der Waals surface area contributed by atoms with Gasteiger partial charge in [-0.25, -0.2) is 4.79 Å². The van der Waals surface area contributed by atoms with Gasteiger partial charge in [0.2, 0.25) is 0 Å². The third kappa shape index (κ3) is 3.43. The Kier molecular flexibility index (Phi) is 5.22. The first-order valence-corrected chi connectivity index (χ1v) is 11.7. The fourth-order valence-electron chi connectivity index (χ4n) is 5.43. The van der Waals surface area contributed by atoms with E-state index in [1.54, 1.807) is 4.90 Å². The number of hydrogen-bond donors (Lipinski definition) is 1. The maximum atomic E-state index is 12.4. The fourth-order valence-corrected chi connectivity index (χ4v) is 6.07. The third-order valence-electron chi connectivity index (χ3n) is 6.81. The number of nitrogens with one attached hydrogen (secondary N) is 1. The molecule has 1 unspecified atom stereocenters. The van der Waals surface area contributed by atoms with Crippen molar-refractivity contribution in [2.45, 2.75) is 29.8 Å². The van der Waals surface area contributed by atoms with Gasteiger partial charge in [-0.15, -0.1) is 11.8 Å². The van der Waals surface area contributed by atoms with E-state index in [1.165, 1.54) is 27.1 Å². The number of aromatic amines is 1. The van der Waals surface area contributed by atoms with Crippen LogP contribution in [-0.2, 0) is 15.9 Å². The van der Waals surface area contributed by atoms with E-state index in [2.05, 4.69) is 41.4 Å². The van der Waals surface area contributed by atoms with Crippen molar-refractivity contribution < 1.29 is 14.3 Å². The zero-order chi connectivity index (χ0) is 20.0. The van der Waals surface area contributed by atoms with E-state index in [1.807, 2.05) is 11.8 Å². The monoisotopic (exact) mass is 415 g/mol. The summed E-state index contributed by atoms with van der Waals surface area (Å²) in [4.78, 5) is 20.3. The zero-order valence-corrected chi connectivity index (χ0v) is 18.0. The number of benzene rings is 1. The Morgan fingerprint density at radius 3 is 2.97 bits per heavy atom. The van der Waals surface area contributed by atoms with Crippen LogP contribution in [0.25, 0.3) is 10.9 Å². The predicted molar refractivity (Wildman–Crippen MR) is 115 cm³/mol. The molecule has 0 bridgehead atoms. The minimum absolute atomic E-state index is 0.193. The van der Waals surface area contributed by atoms with Gasteiger partial charge in [0, 0.05) is 48.4 Å². The van der Waals surface area contributed by atoms with Crippen molar-refractivity contribution in [2.75, 3.05) is 52.8 Å². The van der Waals surface area contributed by atoms with Crippen LogP contribution in [0.5, 0.6) is 0 Å². The first kappa shape index (κ1) is 19.3. The van der Waals surface area contributed by atoms with Gasteiger partial charge >= 0.3 is 6.09 Å². The van der Waals surface area contributed by atoms with Crippen molar-refractivity contribution in [3.8, 4) is 0 Å². The molecule has 1 N–H and O–H groups in total. The van der Waals surface area contributed by atoms with Gasteiger partial charge in [0.15, 0.2) is 0 Å². The van der Waals surface area contributed by atoms with E-state index < -0.39 is 0 Å². The summed E-state index contributed by atoms with van der Waals surface area (Å²) in [7, 11) is 2.23. The topological polar surface area (TPSA) is 57.8 Å². The number of ether oxygens (including phenoxy) is 2. The van der Waals surface area contributed by atoms with Crippen molar-refractivity contribution in [2.24, 2.45) is 5.92 Å². The first-order chi connectivity index (χ1) is 14.2. The van der Waals surface area contributed by atoms with Crippen LogP contribution in [0.15, 0.2) is 23.2 Å². The highest BCUT2D eigenvalue weighted by atomic mass is 32.2. The molecule has 3 heterocycles. The molecule has 2 fully saturated rings. The van der Waals surface area contributed by atoms with Crippen LogP contribution in [0, 0.1) is 5.92 Å². The molecule has 5 rings (SSSR count). The van der Waals surface area contributed by atoms with Gasteiger partial charge in [0.05, 0.1) is 24.8 Å². The third-order valence-corrected chi connectivity index (χ3v) is 7.57. The Morgan fingerprint density at radius 1 is 1.34 bits per heavy atom. The summed E-state index contributed by atoms with van der Waals surface area (Å²) in [6.07, 6.45) is 4.12. The number of H-pyrrole nitrogens is 1. The van der Waals surface area contributed by atoms with Crippen LogP contribution >= 0.6 is 11.8 Å². The minimum Gasteiger partial charge on any atom is -0.449 e. The number of fused-ring (bicyclic) bond motifs is 2. The molecule has 2 aromatic rings. The molecular weight excluding hydrogens is 386 g/mol. The molecular formula is C22H29N3O3S. The van der Waals surface area contributed by atoms with Gasteiger partial charge in [-0.2, -0.15) is 0 Å². The van der Waals surface area contributed by atoms with Crippen molar-refractivity contribution >= 4 is 28.8 Å². The molecule has 1 amide bonds. The molecule has 0 radical (unpaired) electrons. The molecule has 1 aromatic heterocycles. The SMILES string of the molecule is CSc1[nH]c2cccc3c2c1C[C@H]1[C@H]3CC(COC(=O)N2CCOCC2)CN1C. The minimum atomic E-state index is -0.193. The van der Waals surface area contributed by atoms with E-state index in [-0.39, 0.29) is 6.09 Å². The van der Waals surface area contributed by atoms with Crippen LogP contribution in [0.3, 0.4) is 0 Å². The average molecular weight is 416 g/mol. The summed E-state index contributed by atoms with van der Waals surface area (Å²) in [5, 5.41) is 2.73. The number of hydrogen-bond acceptors (Lipinski definition) is 5. The molecule has 6 nitrogen and oxygen atoms in total. The number of thioether (sulfide) groups is 1. The molecule has 0 spiro atoms. The number of nitrogens with zero attached hydrogens (tertiary/aromatic N) is 2. The molecule has 3 aliphatic rings. The van der Waals surface area contributed by atoms with E-state index in [0.717, 1.165) is 19.4 Å². The molecule has 2 saturated heterocycles. The lowest BCUT2D eigenvalue weighted by Crippen LogP contribution is -2.49. The van der Waals surface area contributed by atoms with Gasteiger partial charge in [-0.05, 0) is 43.3 Å². The molecule has 0 saturated carbocycles. The van der Waals surface area contributed by atoms with Gasteiger partial charge < -0.3 is 24.3 Å². The summed E-state index contributed by atoms with van der Waals surface area (Å²) in [5.41, 5.74) is 4.19. The number of likely N-dealkylation sites (N-methyl/N-ethyl adjacent to an activating group) is 1. The zero-order valence-electron chi connectivity index (χ0n) is 17.1. The normalized spacial score (nSPS) is 27.1. The maximum Gasteiger partial charge on any atom is 0.409 e. The fraction of sp³-hybridized carbons (Fsp3) is 0.591. The number of morpholine rings is 1. The Bertz CT molecular complexity index is 908. The second-order valence-electron chi connectivity index (χ2n) is 8.50. The van der Waals surface area contributed by atoms with Crippen LogP contribution < -0.4 is 0 Å². The van der Waals surface area contributed by atoms with Crippen molar-refractivity contribution in [1.82, 2.24) is 14.8 Å². The average Bonchev–Trinajstić information content (AvgIpc) is 3.12. The largest absolute Gasteiger partial charge is 0.449 e. The second kappa shape index (κ2) is 7.85. The lowest BCUT2D eigenvalue weighted by atomic mass is 9.72. The van der Waals surface area contributed by atoms with E-state index in [0.29, 0.717) is 50.8 Å². The molecule has 1 aromatic carbocycles. The lowest BCUT2D eigenvalue weighted by molar-refractivity contribution is 0.0131. The number of carbonyl (C=O) groups excluding carboxylic acids is 1. The van der Waals surface area contributed by atoms with Gasteiger partial charge in [-0.3, -0.25) is 0 Å². The molecule has 156 valence electrons. The number of aromatic nitrogens is 1. The summed E-state index contributed by atoms with van der Waals surface area (Å²) in [5.74, 6) is 0.851. The van der Waals surface area contributed by atoms with E-state index >= 15 is 0 Å². The number of likely N-dealkylation sites (tertiary alicyclic amines) is 1. The van der Waals surface area contributed by atoms with Crippen LogP contribution in [0.1, 0.15) is 23.5 Å². The Morgan fingerprint density at radius 2 is 2.17 bits per heavy atom. The highest BCUT2D eigenvalue weighted by Crippen LogP contribution is 2.46. The molecule has 29 heavy (non-hydrogen) atoms. The Hall–Kier alpha value is -1.70. The second-order valence-corrected chi connectivity index (χ2v) is 9.32. The van der Waals surface area contributed by atoms with E-state index in [9.17, 15) is 4.79 Å². The van der Waals surface area contributed by atoms with Gasteiger partial charge in [-0.1, -0.05) is 12.1 Å². The van der Waals surface area contributed by atoms with Crippen LogP contribution in [0.2, 0.25) is 0 Å². The van der Waals surface area contributed by atoms with Crippen LogP contribution in [-0.4, -0.2) is 79.7 Å². The predicted octanol–water partition coefficient (Wildman–Crippen LogP) is 3.32. The molecule has 2 aliphatic heterocycles. The van der Waals surface area contributed by atoms with Gasteiger partial charge in [0.1, 0.15) is 0 Å².